The van der Waals surface area contributed by atoms with Crippen molar-refractivity contribution < 1.29 is 18.8 Å². The maximum atomic E-state index is 13.1. The molecule has 4 rings (SSSR count). The quantitative estimate of drug-likeness (QED) is 0.793. The zero-order valence-corrected chi connectivity index (χ0v) is 17.2. The average Bonchev–Trinajstić information content (AvgIpc) is 3.49. The molecule has 0 saturated carbocycles. The summed E-state index contributed by atoms with van der Waals surface area (Å²) < 4.78 is 5.24. The largest absolute Gasteiger partial charge is 0.467 e. The molecule has 0 radical (unpaired) electrons. The van der Waals surface area contributed by atoms with E-state index in [4.69, 9.17) is 4.42 Å². The summed E-state index contributed by atoms with van der Waals surface area (Å²) in [6.07, 6.45) is 3.20. The third-order valence-electron chi connectivity index (χ3n) is 5.91. The highest BCUT2D eigenvalue weighted by molar-refractivity contribution is 5.93. The lowest BCUT2D eigenvalue weighted by atomic mass is 10.1. The highest BCUT2D eigenvalue weighted by Gasteiger charge is 2.41. The van der Waals surface area contributed by atoms with Crippen LogP contribution in [0.4, 0.5) is 0 Å². The van der Waals surface area contributed by atoms with E-state index < -0.39 is 6.04 Å². The zero-order chi connectivity index (χ0) is 21.1. The van der Waals surface area contributed by atoms with Crippen molar-refractivity contribution in [2.24, 2.45) is 5.92 Å². The van der Waals surface area contributed by atoms with Crippen molar-refractivity contribution in [1.29, 1.82) is 0 Å². The third-order valence-corrected chi connectivity index (χ3v) is 5.91. The van der Waals surface area contributed by atoms with Gasteiger partial charge in [-0.2, -0.15) is 0 Å². The van der Waals surface area contributed by atoms with Crippen LogP contribution in [0.25, 0.3) is 0 Å². The van der Waals surface area contributed by atoms with Crippen molar-refractivity contribution in [2.45, 2.75) is 45.3 Å². The Bertz CT molecular complexity index is 907. The first kappa shape index (κ1) is 20.2. The van der Waals surface area contributed by atoms with E-state index in [1.807, 2.05) is 31.2 Å². The molecule has 2 atom stereocenters. The van der Waals surface area contributed by atoms with Crippen LogP contribution in [-0.2, 0) is 27.5 Å². The van der Waals surface area contributed by atoms with Gasteiger partial charge in [0.1, 0.15) is 11.8 Å². The van der Waals surface area contributed by atoms with Crippen LogP contribution in [0.5, 0.6) is 0 Å². The molecule has 2 aliphatic heterocycles. The van der Waals surface area contributed by atoms with Crippen LogP contribution in [0.1, 0.15) is 36.1 Å². The van der Waals surface area contributed by atoms with Crippen molar-refractivity contribution in [3.63, 3.8) is 0 Å². The van der Waals surface area contributed by atoms with Gasteiger partial charge in [-0.3, -0.25) is 14.4 Å². The minimum absolute atomic E-state index is 0.00746. The Morgan fingerprint density at radius 2 is 2.00 bits per heavy atom. The minimum atomic E-state index is -0.478. The molecule has 2 aromatic rings. The third kappa shape index (κ3) is 4.40. The first-order chi connectivity index (χ1) is 14.5. The van der Waals surface area contributed by atoms with Crippen LogP contribution >= 0.6 is 0 Å². The topological polar surface area (TPSA) is 82.9 Å². The number of carbonyl (C=O) groups is 3. The van der Waals surface area contributed by atoms with Gasteiger partial charge in [-0.25, -0.2) is 0 Å². The second-order valence-corrected chi connectivity index (χ2v) is 8.15. The lowest BCUT2D eigenvalue weighted by Crippen LogP contribution is -2.48. The second kappa shape index (κ2) is 8.73. The molecule has 7 nitrogen and oxygen atoms in total. The summed E-state index contributed by atoms with van der Waals surface area (Å²) in [7, 11) is 0. The van der Waals surface area contributed by atoms with E-state index in [0.29, 0.717) is 38.4 Å². The van der Waals surface area contributed by atoms with Gasteiger partial charge in [0, 0.05) is 26.1 Å². The van der Waals surface area contributed by atoms with Crippen molar-refractivity contribution in [3.05, 3.63) is 59.5 Å². The fraction of sp³-hybridized carbons (Fsp3) is 0.435. The van der Waals surface area contributed by atoms with Gasteiger partial charge >= 0.3 is 0 Å². The van der Waals surface area contributed by atoms with Gasteiger partial charge in [-0.15, -0.1) is 0 Å². The van der Waals surface area contributed by atoms with Gasteiger partial charge in [-0.1, -0.05) is 29.8 Å². The number of rotatable bonds is 6. The Balaban J connectivity index is 1.35. The molecule has 30 heavy (non-hydrogen) atoms. The Morgan fingerprint density at radius 1 is 1.20 bits per heavy atom. The number of carbonyl (C=O) groups excluding carboxylic acids is 3. The molecular formula is C23H27N3O4. The number of likely N-dealkylation sites (tertiary alicyclic amines) is 2. The van der Waals surface area contributed by atoms with E-state index in [0.717, 1.165) is 12.0 Å². The van der Waals surface area contributed by atoms with E-state index in [1.165, 1.54) is 5.56 Å². The van der Waals surface area contributed by atoms with E-state index in [-0.39, 0.29) is 30.1 Å². The minimum Gasteiger partial charge on any atom is -0.467 e. The summed E-state index contributed by atoms with van der Waals surface area (Å²) in [6.45, 7) is 3.80. The first-order valence-electron chi connectivity index (χ1n) is 10.4. The van der Waals surface area contributed by atoms with Gasteiger partial charge < -0.3 is 19.5 Å². The average molecular weight is 409 g/mol. The van der Waals surface area contributed by atoms with Gasteiger partial charge in [0.2, 0.25) is 17.7 Å². The van der Waals surface area contributed by atoms with Gasteiger partial charge in [0.15, 0.2) is 0 Å². The summed E-state index contributed by atoms with van der Waals surface area (Å²) in [5.41, 5.74) is 2.23. The maximum Gasteiger partial charge on any atom is 0.243 e. The maximum absolute atomic E-state index is 13.1. The molecule has 1 aromatic heterocycles. The highest BCUT2D eigenvalue weighted by atomic mass is 16.3. The number of aryl methyl sites for hydroxylation is 1. The summed E-state index contributed by atoms with van der Waals surface area (Å²) in [5.74, 6) is 0.0178. The Labute approximate surface area is 176 Å². The van der Waals surface area contributed by atoms with E-state index in [1.54, 1.807) is 28.2 Å². The van der Waals surface area contributed by atoms with Crippen LogP contribution < -0.4 is 5.32 Å². The van der Waals surface area contributed by atoms with E-state index in [9.17, 15) is 14.4 Å². The molecule has 7 heteroatoms. The van der Waals surface area contributed by atoms with Crippen LogP contribution in [0, 0.1) is 12.8 Å². The molecule has 0 aliphatic carbocycles. The zero-order valence-electron chi connectivity index (χ0n) is 17.2. The van der Waals surface area contributed by atoms with Crippen molar-refractivity contribution in [1.82, 2.24) is 15.1 Å². The molecule has 0 bridgehead atoms. The predicted molar refractivity (Wildman–Crippen MR) is 110 cm³/mol. The van der Waals surface area contributed by atoms with E-state index in [2.05, 4.69) is 5.32 Å². The number of furan rings is 1. The van der Waals surface area contributed by atoms with Crippen LogP contribution in [-0.4, -0.2) is 46.7 Å². The molecule has 2 saturated heterocycles. The lowest BCUT2D eigenvalue weighted by molar-refractivity contribution is -0.141. The number of amides is 3. The number of nitrogens with one attached hydrogen (secondary N) is 1. The SMILES string of the molecule is Cc1ccc(CN2CC(C(=O)N3CCCC3C(=O)NCc3ccco3)CC2=O)cc1. The molecule has 158 valence electrons. The van der Waals surface area contributed by atoms with Crippen molar-refractivity contribution >= 4 is 17.7 Å². The molecular weight excluding hydrogens is 382 g/mol. The monoisotopic (exact) mass is 409 g/mol. The molecule has 3 heterocycles. The first-order valence-corrected chi connectivity index (χ1v) is 10.4. The highest BCUT2D eigenvalue weighted by Crippen LogP contribution is 2.26. The second-order valence-electron chi connectivity index (χ2n) is 8.15. The lowest BCUT2D eigenvalue weighted by Gasteiger charge is -2.26. The summed E-state index contributed by atoms with van der Waals surface area (Å²) in [6, 6.07) is 11.2. The number of hydrogen-bond acceptors (Lipinski definition) is 4. The summed E-state index contributed by atoms with van der Waals surface area (Å²) in [5, 5.41) is 2.85. The van der Waals surface area contributed by atoms with Crippen LogP contribution in [0.3, 0.4) is 0 Å². The van der Waals surface area contributed by atoms with Crippen LogP contribution in [0.2, 0.25) is 0 Å². The Morgan fingerprint density at radius 3 is 2.73 bits per heavy atom. The van der Waals surface area contributed by atoms with Crippen molar-refractivity contribution in [2.75, 3.05) is 13.1 Å². The van der Waals surface area contributed by atoms with Gasteiger partial charge in [0.25, 0.3) is 0 Å². The molecule has 2 aliphatic rings. The predicted octanol–water partition coefficient (Wildman–Crippen LogP) is 2.24. The van der Waals surface area contributed by atoms with Gasteiger partial charge in [-0.05, 0) is 37.5 Å². The van der Waals surface area contributed by atoms with Gasteiger partial charge in [0.05, 0.1) is 18.7 Å². The molecule has 2 unspecified atom stereocenters. The standard InChI is InChI=1S/C23H27N3O4/c1-16-6-8-17(9-7-16)14-25-15-18(12-21(25)27)23(29)26-10-2-5-20(26)22(28)24-13-19-4-3-11-30-19/h3-4,6-9,11,18,20H,2,5,10,12-15H2,1H3,(H,24,28). The molecule has 2 fully saturated rings. The summed E-state index contributed by atoms with van der Waals surface area (Å²) in [4.78, 5) is 41.7. The molecule has 3 amide bonds. The van der Waals surface area contributed by atoms with E-state index >= 15 is 0 Å². The summed E-state index contributed by atoms with van der Waals surface area (Å²) >= 11 is 0. The number of hydrogen-bond donors (Lipinski definition) is 1. The molecule has 1 N–H and O–H groups in total. The number of nitrogens with zero attached hydrogens (tertiary/aromatic N) is 2. The Hall–Kier alpha value is -3.09. The number of benzene rings is 1. The Kier molecular flexibility index (Phi) is 5.88. The fourth-order valence-electron chi connectivity index (χ4n) is 4.25. The molecule has 1 aromatic carbocycles. The molecule has 0 spiro atoms. The van der Waals surface area contributed by atoms with Crippen molar-refractivity contribution in [3.8, 4) is 0 Å². The fourth-order valence-corrected chi connectivity index (χ4v) is 4.25. The smallest absolute Gasteiger partial charge is 0.243 e. The normalized spacial score (nSPS) is 21.3. The van der Waals surface area contributed by atoms with Crippen LogP contribution in [0.15, 0.2) is 47.1 Å².